The van der Waals surface area contributed by atoms with Crippen LogP contribution < -0.4 is 10.6 Å². The lowest BCUT2D eigenvalue weighted by Gasteiger charge is -2.54. The van der Waals surface area contributed by atoms with Gasteiger partial charge in [-0.2, -0.15) is 0 Å². The third kappa shape index (κ3) is 4.69. The second kappa shape index (κ2) is 5.73. The van der Waals surface area contributed by atoms with E-state index < -0.39 is 0 Å². The van der Waals surface area contributed by atoms with Gasteiger partial charge in [-0.1, -0.05) is 0 Å². The quantitative estimate of drug-likeness (QED) is 0.550. The zero-order chi connectivity index (χ0) is 17.7. The molecule has 2 saturated heterocycles. The van der Waals surface area contributed by atoms with Gasteiger partial charge in [0.05, 0.1) is 6.34 Å². The number of nitrogens with zero attached hydrogens (tertiary/aromatic N) is 1. The Bertz CT molecular complexity index is 380. The third-order valence-electron chi connectivity index (χ3n) is 5.33. The first kappa shape index (κ1) is 18.7. The summed E-state index contributed by atoms with van der Waals surface area (Å²) in [5, 5.41) is 15.6. The molecule has 2 aliphatic rings. The number of hydrogen-bond acceptors (Lipinski definition) is 3. The van der Waals surface area contributed by atoms with Gasteiger partial charge in [0.2, 0.25) is 0 Å². The second-order valence-corrected chi connectivity index (χ2v) is 10.5. The Labute approximate surface area is 143 Å². The van der Waals surface area contributed by atoms with Crippen molar-refractivity contribution in [2.45, 2.75) is 115 Å². The Hall–Kier alpha value is -0.610. The summed E-state index contributed by atoms with van der Waals surface area (Å²) in [5.74, 6) is 0. The number of piperidine rings is 2. The second-order valence-electron chi connectivity index (χ2n) is 10.5. The minimum atomic E-state index is 0.117. The van der Waals surface area contributed by atoms with Gasteiger partial charge >= 0.3 is 0 Å². The van der Waals surface area contributed by atoms with Crippen LogP contribution in [0.2, 0.25) is 0 Å². The average Bonchev–Trinajstić information content (AvgIpc) is 2.20. The van der Waals surface area contributed by atoms with E-state index in [1.807, 2.05) is 0 Å². The summed E-state index contributed by atoms with van der Waals surface area (Å²) in [6.07, 6.45) is 5.99. The highest BCUT2D eigenvalue weighted by Gasteiger charge is 2.45. The predicted molar refractivity (Wildman–Crippen MR) is 99.3 cm³/mol. The predicted octanol–water partition coefficient (Wildman–Crippen LogP) is 3.51. The van der Waals surface area contributed by atoms with Crippen LogP contribution in [0.5, 0.6) is 0 Å². The zero-order valence-electron chi connectivity index (χ0n) is 16.5. The van der Waals surface area contributed by atoms with Crippen molar-refractivity contribution in [3.05, 3.63) is 0 Å². The van der Waals surface area contributed by atoms with Gasteiger partial charge in [0.15, 0.2) is 0 Å². The summed E-state index contributed by atoms with van der Waals surface area (Å²) >= 11 is 0. The van der Waals surface area contributed by atoms with E-state index in [2.05, 4.69) is 70.9 Å². The minimum Gasteiger partial charge on any atom is -0.357 e. The molecule has 23 heavy (non-hydrogen) atoms. The normalized spacial score (nSPS) is 29.9. The van der Waals surface area contributed by atoms with E-state index in [-0.39, 0.29) is 22.2 Å². The van der Waals surface area contributed by atoms with E-state index in [1.165, 1.54) is 0 Å². The van der Waals surface area contributed by atoms with Crippen molar-refractivity contribution >= 4 is 6.34 Å². The maximum Gasteiger partial charge on any atom is 0.0822 e. The molecule has 2 aliphatic heterocycles. The van der Waals surface area contributed by atoms with Crippen LogP contribution in [0.25, 0.3) is 0 Å². The van der Waals surface area contributed by atoms with Gasteiger partial charge in [-0.05, 0) is 81.1 Å². The molecule has 0 aliphatic carbocycles. The summed E-state index contributed by atoms with van der Waals surface area (Å²) in [6.45, 7) is 18.3. The Morgan fingerprint density at radius 1 is 0.696 bits per heavy atom. The molecule has 0 atom stereocenters. The summed E-state index contributed by atoms with van der Waals surface area (Å²) in [6, 6.07) is 0.877. The Kier molecular flexibility index (Phi) is 4.67. The lowest BCUT2D eigenvalue weighted by atomic mass is 9.75. The standard InChI is InChI=1S/C19H38N4/c1-16(2)9-14(10-17(3,4)21-16)23(13-20)15-11-18(5,6)22-19(7,8)12-15/h13-15,20-22H,9-12H2,1-8H3. The van der Waals surface area contributed by atoms with Gasteiger partial charge < -0.3 is 15.5 Å². The molecular weight excluding hydrogens is 284 g/mol. The molecular formula is C19H38N4. The molecule has 0 bridgehead atoms. The van der Waals surface area contributed by atoms with Crippen LogP contribution in [0.4, 0.5) is 0 Å². The van der Waals surface area contributed by atoms with Crippen LogP contribution in [0.1, 0.15) is 81.1 Å². The van der Waals surface area contributed by atoms with E-state index in [4.69, 9.17) is 5.41 Å². The molecule has 0 spiro atoms. The van der Waals surface area contributed by atoms with Crippen molar-refractivity contribution in [3.63, 3.8) is 0 Å². The molecule has 2 heterocycles. The Morgan fingerprint density at radius 2 is 0.957 bits per heavy atom. The molecule has 134 valence electrons. The monoisotopic (exact) mass is 322 g/mol. The zero-order valence-corrected chi connectivity index (χ0v) is 16.5. The van der Waals surface area contributed by atoms with Gasteiger partial charge in [0, 0.05) is 34.2 Å². The largest absolute Gasteiger partial charge is 0.357 e. The number of nitrogens with one attached hydrogen (secondary N) is 3. The molecule has 3 N–H and O–H groups in total. The van der Waals surface area contributed by atoms with Crippen LogP contribution >= 0.6 is 0 Å². The highest BCUT2D eigenvalue weighted by atomic mass is 15.2. The maximum absolute atomic E-state index is 8.11. The molecule has 0 aromatic rings. The van der Waals surface area contributed by atoms with Crippen LogP contribution in [0, 0.1) is 5.41 Å². The third-order valence-corrected chi connectivity index (χ3v) is 5.33. The van der Waals surface area contributed by atoms with Crippen molar-refractivity contribution in [2.24, 2.45) is 0 Å². The van der Waals surface area contributed by atoms with Crippen LogP contribution in [0.15, 0.2) is 0 Å². The van der Waals surface area contributed by atoms with Gasteiger partial charge in [-0.3, -0.25) is 5.41 Å². The van der Waals surface area contributed by atoms with Crippen LogP contribution in [-0.4, -0.2) is 45.5 Å². The van der Waals surface area contributed by atoms with Gasteiger partial charge in [-0.25, -0.2) is 0 Å². The number of hydrogen-bond donors (Lipinski definition) is 3. The van der Waals surface area contributed by atoms with E-state index in [0.29, 0.717) is 12.1 Å². The summed E-state index contributed by atoms with van der Waals surface area (Å²) in [5.41, 5.74) is 0.467. The van der Waals surface area contributed by atoms with E-state index >= 15 is 0 Å². The van der Waals surface area contributed by atoms with Crippen molar-refractivity contribution in [2.75, 3.05) is 0 Å². The first-order chi connectivity index (χ1) is 10.2. The molecule has 0 saturated carbocycles. The molecule has 4 nitrogen and oxygen atoms in total. The number of rotatable bonds is 3. The van der Waals surface area contributed by atoms with E-state index in [1.54, 1.807) is 6.34 Å². The molecule has 2 fully saturated rings. The topological polar surface area (TPSA) is 51.2 Å². The molecule has 0 radical (unpaired) electrons. The van der Waals surface area contributed by atoms with Crippen LogP contribution in [0.3, 0.4) is 0 Å². The fraction of sp³-hybridized carbons (Fsp3) is 0.947. The average molecular weight is 323 g/mol. The lowest BCUT2D eigenvalue weighted by molar-refractivity contribution is 0.0425. The summed E-state index contributed by atoms with van der Waals surface area (Å²) in [7, 11) is 0. The highest BCUT2D eigenvalue weighted by molar-refractivity contribution is 5.52. The smallest absolute Gasteiger partial charge is 0.0822 e. The lowest BCUT2D eigenvalue weighted by Crippen LogP contribution is -2.66. The molecule has 0 aromatic carbocycles. The molecule has 0 amide bonds. The highest BCUT2D eigenvalue weighted by Crippen LogP contribution is 2.37. The minimum absolute atomic E-state index is 0.117. The van der Waals surface area contributed by atoms with Crippen molar-refractivity contribution in [3.8, 4) is 0 Å². The van der Waals surface area contributed by atoms with Gasteiger partial charge in [-0.15, -0.1) is 0 Å². The van der Waals surface area contributed by atoms with E-state index in [0.717, 1.165) is 25.7 Å². The van der Waals surface area contributed by atoms with E-state index in [9.17, 15) is 0 Å². The molecule has 4 heteroatoms. The molecule has 0 aromatic heterocycles. The van der Waals surface area contributed by atoms with Gasteiger partial charge in [0.1, 0.15) is 0 Å². The van der Waals surface area contributed by atoms with Crippen molar-refractivity contribution in [1.29, 1.82) is 5.41 Å². The fourth-order valence-corrected chi connectivity index (χ4v) is 5.47. The van der Waals surface area contributed by atoms with Crippen molar-refractivity contribution in [1.82, 2.24) is 15.5 Å². The van der Waals surface area contributed by atoms with Gasteiger partial charge in [0.25, 0.3) is 0 Å². The first-order valence-electron chi connectivity index (χ1n) is 9.11. The fourth-order valence-electron chi connectivity index (χ4n) is 5.47. The molecule has 0 unspecified atom stereocenters. The maximum atomic E-state index is 8.11. The SMILES string of the molecule is CC1(C)CC(N(C=N)C2CC(C)(C)NC(C)(C)C2)CC(C)(C)N1. The Balaban J connectivity index is 2.23. The first-order valence-corrected chi connectivity index (χ1v) is 9.11. The van der Waals surface area contributed by atoms with Crippen molar-refractivity contribution < 1.29 is 0 Å². The molecule has 2 rings (SSSR count). The summed E-state index contributed by atoms with van der Waals surface area (Å²) < 4.78 is 0. The van der Waals surface area contributed by atoms with Crippen LogP contribution in [-0.2, 0) is 0 Å². The Morgan fingerprint density at radius 3 is 1.17 bits per heavy atom. The summed E-state index contributed by atoms with van der Waals surface area (Å²) in [4.78, 5) is 2.37.